The number of carbonyl (C=O) groups is 1. The standard InChI is InChI=1S/C5H9O2/c1-4(6)3-5(2)7/h4H,3H2,1-2H3. The van der Waals surface area contributed by atoms with Crippen molar-refractivity contribution in [3.05, 3.63) is 0 Å². The highest BCUT2D eigenvalue weighted by molar-refractivity contribution is 5.75. The minimum atomic E-state index is -0.725. The Labute approximate surface area is 43.2 Å². The van der Waals surface area contributed by atoms with Crippen LogP contribution in [0.1, 0.15) is 20.3 Å². The molecule has 0 aromatic heterocycles. The summed E-state index contributed by atoms with van der Waals surface area (Å²) in [5.41, 5.74) is 0. The summed E-state index contributed by atoms with van der Waals surface area (Å²) in [6.45, 7) is 2.91. The van der Waals surface area contributed by atoms with Crippen LogP contribution in [0, 0.1) is 0 Å². The van der Waals surface area contributed by atoms with Gasteiger partial charge in [0, 0.05) is 6.42 Å². The Morgan fingerprint density at radius 2 is 2.14 bits per heavy atom. The first-order valence-electron chi connectivity index (χ1n) is 2.28. The van der Waals surface area contributed by atoms with E-state index in [0.29, 0.717) is 0 Å². The third-order valence-electron chi connectivity index (χ3n) is 0.575. The smallest absolute Gasteiger partial charge is 0.132 e. The molecular weight excluding hydrogens is 92.1 g/mol. The maximum absolute atomic E-state index is 10.1. The SMILES string of the molecule is CC(=O)CC(C)[O]. The van der Waals surface area contributed by atoms with Crippen LogP contribution in [0.5, 0.6) is 0 Å². The first kappa shape index (κ1) is 6.63. The van der Waals surface area contributed by atoms with Crippen LogP contribution in [0.25, 0.3) is 0 Å². The number of rotatable bonds is 2. The largest absolute Gasteiger partial charge is 0.300 e. The zero-order chi connectivity index (χ0) is 5.86. The van der Waals surface area contributed by atoms with Gasteiger partial charge in [-0.15, -0.1) is 0 Å². The average molecular weight is 101 g/mol. The third-order valence-corrected chi connectivity index (χ3v) is 0.575. The first-order chi connectivity index (χ1) is 3.13. The summed E-state index contributed by atoms with van der Waals surface area (Å²) in [6, 6.07) is 0. The number of carbonyl (C=O) groups excluding carboxylic acids is 1. The fourth-order valence-corrected chi connectivity index (χ4v) is 0.405. The van der Waals surface area contributed by atoms with Gasteiger partial charge in [0.15, 0.2) is 0 Å². The minimum Gasteiger partial charge on any atom is -0.300 e. The Kier molecular flexibility index (Phi) is 2.60. The molecule has 0 aromatic rings. The van der Waals surface area contributed by atoms with E-state index in [-0.39, 0.29) is 12.2 Å². The van der Waals surface area contributed by atoms with Crippen molar-refractivity contribution in [1.29, 1.82) is 0 Å². The van der Waals surface area contributed by atoms with Crippen molar-refractivity contribution < 1.29 is 9.90 Å². The van der Waals surface area contributed by atoms with Gasteiger partial charge in [-0.3, -0.25) is 4.79 Å². The Balaban J connectivity index is 3.13. The summed E-state index contributed by atoms with van der Waals surface area (Å²) in [6.07, 6.45) is -0.558. The summed E-state index contributed by atoms with van der Waals surface area (Å²) < 4.78 is 0. The molecule has 0 N–H and O–H groups in total. The van der Waals surface area contributed by atoms with Crippen LogP contribution >= 0.6 is 0 Å². The molecular formula is C5H9O2. The lowest BCUT2D eigenvalue weighted by molar-refractivity contribution is -0.119. The van der Waals surface area contributed by atoms with Crippen LogP contribution in [-0.2, 0) is 9.90 Å². The summed E-state index contributed by atoms with van der Waals surface area (Å²) in [5.74, 6) is -0.0255. The number of hydrogen-bond acceptors (Lipinski definition) is 1. The van der Waals surface area contributed by atoms with E-state index >= 15 is 0 Å². The van der Waals surface area contributed by atoms with Crippen LogP contribution in [0.4, 0.5) is 0 Å². The Morgan fingerprint density at radius 1 is 1.71 bits per heavy atom. The maximum Gasteiger partial charge on any atom is 0.132 e. The molecule has 2 nitrogen and oxygen atoms in total. The van der Waals surface area contributed by atoms with Gasteiger partial charge in [0.05, 0.1) is 6.10 Å². The quantitative estimate of drug-likeness (QED) is 0.506. The summed E-state index contributed by atoms with van der Waals surface area (Å²) in [4.78, 5) is 10.1. The molecule has 0 spiro atoms. The molecule has 0 saturated carbocycles. The van der Waals surface area contributed by atoms with E-state index in [0.717, 1.165) is 0 Å². The second kappa shape index (κ2) is 2.75. The van der Waals surface area contributed by atoms with Crippen molar-refractivity contribution in [3.8, 4) is 0 Å². The van der Waals surface area contributed by atoms with Gasteiger partial charge in [0.25, 0.3) is 0 Å². The number of ketones is 1. The van der Waals surface area contributed by atoms with Crippen molar-refractivity contribution >= 4 is 5.78 Å². The highest BCUT2D eigenvalue weighted by Crippen LogP contribution is 1.88. The van der Waals surface area contributed by atoms with E-state index in [2.05, 4.69) is 0 Å². The Bertz CT molecular complexity index is 66.5. The molecule has 41 valence electrons. The number of hydrogen-bond donors (Lipinski definition) is 0. The third kappa shape index (κ3) is 5.63. The molecule has 0 aliphatic carbocycles. The van der Waals surface area contributed by atoms with E-state index in [9.17, 15) is 9.90 Å². The van der Waals surface area contributed by atoms with E-state index in [4.69, 9.17) is 0 Å². The van der Waals surface area contributed by atoms with E-state index < -0.39 is 6.10 Å². The second-order valence-electron chi connectivity index (χ2n) is 1.72. The Hall–Kier alpha value is -0.370. The van der Waals surface area contributed by atoms with Crippen molar-refractivity contribution in [2.75, 3.05) is 0 Å². The molecule has 7 heavy (non-hydrogen) atoms. The highest BCUT2D eigenvalue weighted by atomic mass is 16.3. The molecule has 0 aliphatic rings. The van der Waals surface area contributed by atoms with Gasteiger partial charge in [-0.25, -0.2) is 5.11 Å². The van der Waals surface area contributed by atoms with E-state index in [1.165, 1.54) is 13.8 Å². The molecule has 0 aromatic carbocycles. The number of Topliss-reactive ketones (excluding diaryl/α,β-unsaturated/α-hetero) is 1. The molecule has 2 heteroatoms. The van der Waals surface area contributed by atoms with Gasteiger partial charge in [-0.05, 0) is 13.8 Å². The van der Waals surface area contributed by atoms with Gasteiger partial charge in [-0.1, -0.05) is 0 Å². The lowest BCUT2D eigenvalue weighted by Crippen LogP contribution is -2.03. The van der Waals surface area contributed by atoms with Crippen molar-refractivity contribution in [2.24, 2.45) is 0 Å². The van der Waals surface area contributed by atoms with Crippen molar-refractivity contribution in [1.82, 2.24) is 0 Å². The van der Waals surface area contributed by atoms with E-state index in [1.54, 1.807) is 0 Å². The Morgan fingerprint density at radius 3 is 2.14 bits per heavy atom. The van der Waals surface area contributed by atoms with Crippen LogP contribution in [0.3, 0.4) is 0 Å². The molecule has 1 radical (unpaired) electrons. The van der Waals surface area contributed by atoms with Crippen LogP contribution in [0.2, 0.25) is 0 Å². The summed E-state index contributed by atoms with van der Waals surface area (Å²) >= 11 is 0. The van der Waals surface area contributed by atoms with Gasteiger partial charge >= 0.3 is 0 Å². The van der Waals surface area contributed by atoms with Crippen LogP contribution < -0.4 is 0 Å². The zero-order valence-electron chi connectivity index (χ0n) is 4.60. The summed E-state index contributed by atoms with van der Waals surface area (Å²) in [5, 5.41) is 10.1. The highest BCUT2D eigenvalue weighted by Gasteiger charge is 1.99. The van der Waals surface area contributed by atoms with Crippen LogP contribution in [0.15, 0.2) is 0 Å². The molecule has 0 saturated heterocycles. The lowest BCUT2D eigenvalue weighted by Gasteiger charge is -1.91. The van der Waals surface area contributed by atoms with Crippen molar-refractivity contribution in [2.45, 2.75) is 26.4 Å². The molecule has 1 unspecified atom stereocenters. The predicted molar refractivity (Wildman–Crippen MR) is 25.4 cm³/mol. The van der Waals surface area contributed by atoms with Gasteiger partial charge < -0.3 is 0 Å². The average Bonchev–Trinajstić information content (AvgIpc) is 1.27. The molecule has 0 heterocycles. The molecule has 1 atom stereocenters. The molecule has 0 rings (SSSR count). The molecule has 0 amide bonds. The lowest BCUT2D eigenvalue weighted by atomic mass is 10.2. The molecule has 0 fully saturated rings. The van der Waals surface area contributed by atoms with Crippen molar-refractivity contribution in [3.63, 3.8) is 0 Å². The fraction of sp³-hybridized carbons (Fsp3) is 0.800. The second-order valence-corrected chi connectivity index (χ2v) is 1.72. The van der Waals surface area contributed by atoms with Gasteiger partial charge in [-0.2, -0.15) is 0 Å². The first-order valence-corrected chi connectivity index (χ1v) is 2.28. The zero-order valence-corrected chi connectivity index (χ0v) is 4.60. The van der Waals surface area contributed by atoms with E-state index in [1.807, 2.05) is 0 Å². The molecule has 0 aliphatic heterocycles. The van der Waals surface area contributed by atoms with Crippen LogP contribution in [-0.4, -0.2) is 11.9 Å². The van der Waals surface area contributed by atoms with Gasteiger partial charge in [0.1, 0.15) is 5.78 Å². The molecule has 0 bridgehead atoms. The van der Waals surface area contributed by atoms with Gasteiger partial charge in [0.2, 0.25) is 0 Å². The fourth-order valence-electron chi connectivity index (χ4n) is 0.405. The normalized spacial score (nSPS) is 13.6. The summed E-state index contributed by atoms with van der Waals surface area (Å²) in [7, 11) is 0. The minimum absolute atomic E-state index is 0.0255. The monoisotopic (exact) mass is 101 g/mol. The topological polar surface area (TPSA) is 37.0 Å². The predicted octanol–water partition coefficient (Wildman–Crippen LogP) is 0.784. The maximum atomic E-state index is 10.1.